The summed E-state index contributed by atoms with van der Waals surface area (Å²) in [4.78, 5) is 0. The maximum Gasteiger partial charge on any atom is 0.319 e. The third-order valence-corrected chi connectivity index (χ3v) is 2.90. The molecule has 0 saturated carbocycles. The summed E-state index contributed by atoms with van der Waals surface area (Å²) in [6.45, 7) is -0.285. The number of hydrogen-bond donors (Lipinski definition) is 1. The number of fused-ring (bicyclic) bond motifs is 1. The van der Waals surface area contributed by atoms with E-state index in [1.165, 1.54) is 0 Å². The summed E-state index contributed by atoms with van der Waals surface area (Å²) in [7, 11) is 0. The minimum absolute atomic E-state index is 0.0231. The van der Waals surface area contributed by atoms with Crippen LogP contribution in [-0.4, -0.2) is 33.7 Å². The third-order valence-electron chi connectivity index (χ3n) is 2.90. The summed E-state index contributed by atoms with van der Waals surface area (Å²) >= 11 is 0. The van der Waals surface area contributed by atoms with Gasteiger partial charge in [-0.3, -0.25) is 0 Å². The standard InChI is InChI=1S/C10H14F4N4/c11-9(12)10(13,14)6-15-5-8-17-16-7-3-1-2-4-18(7)8/h9,15H,1-6H2. The zero-order valence-electron chi connectivity index (χ0n) is 9.67. The predicted molar refractivity (Wildman–Crippen MR) is 55.6 cm³/mol. The summed E-state index contributed by atoms with van der Waals surface area (Å²) < 4.78 is 51.0. The molecule has 8 heteroatoms. The molecule has 1 aliphatic rings. The molecule has 1 aromatic heterocycles. The Kier molecular flexibility index (Phi) is 3.84. The molecule has 0 unspecified atom stereocenters. The zero-order chi connectivity index (χ0) is 13.2. The van der Waals surface area contributed by atoms with Crippen LogP contribution in [0.5, 0.6) is 0 Å². The molecule has 0 amide bonds. The topological polar surface area (TPSA) is 42.7 Å². The molecule has 1 aromatic rings. The Balaban J connectivity index is 1.89. The van der Waals surface area contributed by atoms with Crippen LogP contribution in [-0.2, 0) is 19.5 Å². The third kappa shape index (κ3) is 2.80. The highest BCUT2D eigenvalue weighted by atomic mass is 19.3. The van der Waals surface area contributed by atoms with Crippen molar-refractivity contribution in [3.63, 3.8) is 0 Å². The van der Waals surface area contributed by atoms with Gasteiger partial charge in [-0.25, -0.2) is 8.78 Å². The Morgan fingerprint density at radius 3 is 2.78 bits per heavy atom. The van der Waals surface area contributed by atoms with Gasteiger partial charge in [-0.15, -0.1) is 10.2 Å². The second-order valence-electron chi connectivity index (χ2n) is 4.31. The first kappa shape index (κ1) is 13.3. The van der Waals surface area contributed by atoms with Crippen molar-refractivity contribution >= 4 is 0 Å². The van der Waals surface area contributed by atoms with E-state index in [1.807, 2.05) is 4.57 Å². The van der Waals surface area contributed by atoms with Gasteiger partial charge in [0.1, 0.15) is 11.6 Å². The van der Waals surface area contributed by atoms with Crippen molar-refractivity contribution in [3.8, 4) is 0 Å². The molecule has 102 valence electrons. The molecule has 0 radical (unpaired) electrons. The summed E-state index contributed by atoms with van der Waals surface area (Å²) in [6, 6.07) is 0. The van der Waals surface area contributed by atoms with Gasteiger partial charge in [-0.2, -0.15) is 8.78 Å². The fraction of sp³-hybridized carbons (Fsp3) is 0.800. The number of hydrogen-bond acceptors (Lipinski definition) is 3. The number of alkyl halides is 4. The SMILES string of the molecule is FC(F)C(F)(F)CNCc1nnc2n1CCCC2. The summed E-state index contributed by atoms with van der Waals surface area (Å²) in [5, 5.41) is 10.1. The first-order valence-electron chi connectivity index (χ1n) is 5.78. The molecule has 0 saturated heterocycles. The van der Waals surface area contributed by atoms with Gasteiger partial charge in [0.15, 0.2) is 0 Å². The molecule has 0 bridgehead atoms. The van der Waals surface area contributed by atoms with Crippen LogP contribution in [0.15, 0.2) is 0 Å². The summed E-state index contributed by atoms with van der Waals surface area (Å²) in [5.41, 5.74) is 0. The minimum Gasteiger partial charge on any atom is -0.314 e. The average molecular weight is 266 g/mol. The van der Waals surface area contributed by atoms with Gasteiger partial charge in [-0.1, -0.05) is 0 Å². The molecule has 0 aromatic carbocycles. The monoisotopic (exact) mass is 266 g/mol. The first-order chi connectivity index (χ1) is 8.50. The van der Waals surface area contributed by atoms with Gasteiger partial charge in [0, 0.05) is 13.0 Å². The van der Waals surface area contributed by atoms with Crippen molar-refractivity contribution in [2.45, 2.75) is 44.7 Å². The van der Waals surface area contributed by atoms with Crippen LogP contribution in [0, 0.1) is 0 Å². The van der Waals surface area contributed by atoms with E-state index in [2.05, 4.69) is 15.5 Å². The first-order valence-corrected chi connectivity index (χ1v) is 5.78. The Hall–Kier alpha value is -1.18. The van der Waals surface area contributed by atoms with Crippen LogP contribution in [0.2, 0.25) is 0 Å². The van der Waals surface area contributed by atoms with Crippen LogP contribution in [0.4, 0.5) is 17.6 Å². The maximum absolute atomic E-state index is 12.7. The largest absolute Gasteiger partial charge is 0.319 e. The van der Waals surface area contributed by atoms with Gasteiger partial charge in [-0.05, 0) is 12.8 Å². The number of aryl methyl sites for hydroxylation is 1. The Labute approximate surface area is 101 Å². The van der Waals surface area contributed by atoms with E-state index in [1.54, 1.807) is 0 Å². The summed E-state index contributed by atoms with van der Waals surface area (Å²) in [5.74, 6) is -2.65. The van der Waals surface area contributed by atoms with Crippen LogP contribution < -0.4 is 5.32 Å². The van der Waals surface area contributed by atoms with Crippen LogP contribution in [0.25, 0.3) is 0 Å². The lowest BCUT2D eigenvalue weighted by Crippen LogP contribution is -2.39. The molecule has 2 heterocycles. The van der Waals surface area contributed by atoms with Crippen molar-refractivity contribution in [2.75, 3.05) is 6.54 Å². The molecule has 0 fully saturated rings. The molecule has 4 nitrogen and oxygen atoms in total. The minimum atomic E-state index is -4.01. The van der Waals surface area contributed by atoms with Crippen molar-refractivity contribution in [3.05, 3.63) is 11.6 Å². The Morgan fingerprint density at radius 2 is 2.06 bits per heavy atom. The lowest BCUT2D eigenvalue weighted by atomic mass is 10.2. The molecule has 0 atom stereocenters. The molecule has 0 spiro atoms. The molecule has 1 aliphatic heterocycles. The van der Waals surface area contributed by atoms with Gasteiger partial charge in [0.25, 0.3) is 0 Å². The fourth-order valence-corrected chi connectivity index (χ4v) is 1.92. The molecule has 0 aliphatic carbocycles. The predicted octanol–water partition coefficient (Wildman–Crippen LogP) is 1.60. The van der Waals surface area contributed by atoms with Crippen LogP contribution >= 0.6 is 0 Å². The molecule has 1 N–H and O–H groups in total. The molecular weight excluding hydrogens is 252 g/mol. The van der Waals surface area contributed by atoms with E-state index in [9.17, 15) is 17.6 Å². The van der Waals surface area contributed by atoms with Crippen LogP contribution in [0.1, 0.15) is 24.5 Å². The Morgan fingerprint density at radius 1 is 1.28 bits per heavy atom. The van der Waals surface area contributed by atoms with Crippen molar-refractivity contribution in [1.29, 1.82) is 0 Å². The number of halogens is 4. The summed E-state index contributed by atoms with van der Waals surface area (Å²) in [6.07, 6.45) is -0.808. The van der Waals surface area contributed by atoms with Gasteiger partial charge < -0.3 is 9.88 Å². The van der Waals surface area contributed by atoms with Gasteiger partial charge in [0.05, 0.1) is 13.1 Å². The van der Waals surface area contributed by atoms with E-state index in [0.29, 0.717) is 5.82 Å². The highest BCUT2D eigenvalue weighted by Gasteiger charge is 2.40. The van der Waals surface area contributed by atoms with E-state index >= 15 is 0 Å². The normalized spacial score (nSPS) is 16.1. The van der Waals surface area contributed by atoms with Crippen molar-refractivity contribution < 1.29 is 17.6 Å². The van der Waals surface area contributed by atoms with Crippen molar-refractivity contribution in [2.24, 2.45) is 0 Å². The van der Waals surface area contributed by atoms with Gasteiger partial charge >= 0.3 is 12.3 Å². The second-order valence-corrected chi connectivity index (χ2v) is 4.31. The lowest BCUT2D eigenvalue weighted by Gasteiger charge is -2.17. The Bertz CT molecular complexity index is 405. The van der Waals surface area contributed by atoms with E-state index in [-0.39, 0.29) is 6.54 Å². The zero-order valence-corrected chi connectivity index (χ0v) is 9.67. The highest BCUT2D eigenvalue weighted by Crippen LogP contribution is 2.21. The number of rotatable bonds is 5. The fourth-order valence-electron chi connectivity index (χ4n) is 1.92. The van der Waals surface area contributed by atoms with Gasteiger partial charge in [0.2, 0.25) is 0 Å². The number of aromatic nitrogens is 3. The lowest BCUT2D eigenvalue weighted by molar-refractivity contribution is -0.125. The number of nitrogens with zero attached hydrogens (tertiary/aromatic N) is 3. The van der Waals surface area contributed by atoms with Crippen molar-refractivity contribution in [1.82, 2.24) is 20.1 Å². The smallest absolute Gasteiger partial charge is 0.314 e. The average Bonchev–Trinajstić information content (AvgIpc) is 2.72. The second kappa shape index (κ2) is 5.21. The highest BCUT2D eigenvalue weighted by molar-refractivity contribution is 4.98. The molecular formula is C10H14F4N4. The van der Waals surface area contributed by atoms with E-state index < -0.39 is 18.9 Å². The molecule has 18 heavy (non-hydrogen) atoms. The van der Waals surface area contributed by atoms with E-state index in [4.69, 9.17) is 0 Å². The molecule has 2 rings (SSSR count). The van der Waals surface area contributed by atoms with E-state index in [0.717, 1.165) is 31.6 Å². The number of nitrogens with one attached hydrogen (secondary N) is 1. The quantitative estimate of drug-likeness (QED) is 0.823. The van der Waals surface area contributed by atoms with Crippen LogP contribution in [0.3, 0.4) is 0 Å². The maximum atomic E-state index is 12.7.